The van der Waals surface area contributed by atoms with Crippen molar-refractivity contribution in [3.05, 3.63) is 106 Å². The van der Waals surface area contributed by atoms with Gasteiger partial charge in [0, 0.05) is 30.7 Å². The summed E-state index contributed by atoms with van der Waals surface area (Å²) in [6.45, 7) is 2.48. The number of aromatic nitrogens is 4. The number of thiazole rings is 1. The second kappa shape index (κ2) is 9.32. The van der Waals surface area contributed by atoms with Crippen molar-refractivity contribution in [1.29, 1.82) is 0 Å². The maximum absolute atomic E-state index is 13.5. The van der Waals surface area contributed by atoms with Crippen LogP contribution in [-0.2, 0) is 13.1 Å². The number of H-pyrrole nitrogens is 1. The topological polar surface area (TPSA) is 105 Å². The van der Waals surface area contributed by atoms with Crippen molar-refractivity contribution in [3.63, 3.8) is 0 Å². The van der Waals surface area contributed by atoms with Gasteiger partial charge in [0.25, 0.3) is 11.5 Å². The largest absolute Gasteiger partial charge is 0.380 e. The van der Waals surface area contributed by atoms with Crippen LogP contribution in [0.25, 0.3) is 10.2 Å². The number of imidazole rings is 1. The molecule has 0 aliphatic carbocycles. The molecule has 3 N–H and O–H groups in total. The summed E-state index contributed by atoms with van der Waals surface area (Å²) in [6, 6.07) is 19.0. The van der Waals surface area contributed by atoms with Crippen molar-refractivity contribution >= 4 is 38.3 Å². The zero-order valence-electron chi connectivity index (χ0n) is 18.4. The first-order valence-corrected chi connectivity index (χ1v) is 11.6. The van der Waals surface area contributed by atoms with Gasteiger partial charge in [0.05, 0.1) is 28.0 Å². The molecule has 0 bridgehead atoms. The minimum absolute atomic E-state index is 0.221. The summed E-state index contributed by atoms with van der Waals surface area (Å²) in [4.78, 5) is 38.2. The third-order valence-corrected chi connectivity index (χ3v) is 6.45. The monoisotopic (exact) mass is 470 g/mol. The molecule has 0 radical (unpaired) electrons. The maximum atomic E-state index is 13.5. The Labute approximate surface area is 199 Å². The summed E-state index contributed by atoms with van der Waals surface area (Å²) in [6.07, 6.45) is 3.33. The third kappa shape index (κ3) is 4.46. The highest BCUT2D eigenvalue weighted by molar-refractivity contribution is 7.22. The van der Waals surface area contributed by atoms with Crippen LogP contribution >= 0.6 is 11.3 Å². The van der Waals surface area contributed by atoms with Gasteiger partial charge in [0.1, 0.15) is 5.82 Å². The van der Waals surface area contributed by atoms with Crippen LogP contribution < -0.4 is 16.2 Å². The molecule has 9 heteroatoms. The fourth-order valence-electron chi connectivity index (χ4n) is 3.80. The predicted molar refractivity (Wildman–Crippen MR) is 134 cm³/mol. The highest BCUT2D eigenvalue weighted by Gasteiger charge is 2.21. The average molecular weight is 471 g/mol. The lowest BCUT2D eigenvalue weighted by Crippen LogP contribution is -2.28. The first-order valence-electron chi connectivity index (χ1n) is 10.8. The molecule has 0 atom stereocenters. The number of anilines is 2. The van der Waals surface area contributed by atoms with Gasteiger partial charge in [-0.15, -0.1) is 0 Å². The second-order valence-electron chi connectivity index (χ2n) is 7.76. The molecule has 3 aromatic heterocycles. The lowest BCUT2D eigenvalue weighted by atomic mass is 10.1. The van der Waals surface area contributed by atoms with E-state index in [1.165, 1.54) is 17.4 Å². The molecule has 0 spiro atoms. The zero-order valence-corrected chi connectivity index (χ0v) is 19.2. The van der Waals surface area contributed by atoms with E-state index < -0.39 is 0 Å². The Balaban J connectivity index is 1.51. The molecular weight excluding hydrogens is 448 g/mol. The van der Waals surface area contributed by atoms with Crippen molar-refractivity contribution in [2.75, 3.05) is 10.6 Å². The molecule has 0 fully saturated rings. The van der Waals surface area contributed by atoms with E-state index in [1.807, 2.05) is 54.6 Å². The van der Waals surface area contributed by atoms with Gasteiger partial charge in [-0.2, -0.15) is 0 Å². The van der Waals surface area contributed by atoms with E-state index in [9.17, 15) is 9.59 Å². The number of nitrogens with one attached hydrogen (secondary N) is 3. The zero-order chi connectivity index (χ0) is 23.5. The number of pyridine rings is 1. The van der Waals surface area contributed by atoms with Crippen molar-refractivity contribution in [2.45, 2.75) is 20.0 Å². The third-order valence-electron chi connectivity index (χ3n) is 5.50. The maximum Gasteiger partial charge on any atom is 0.261 e. The molecular formula is C25H22N6O2S. The van der Waals surface area contributed by atoms with Crippen molar-refractivity contribution in [1.82, 2.24) is 19.5 Å². The first kappa shape index (κ1) is 21.6. The van der Waals surface area contributed by atoms with E-state index in [0.717, 1.165) is 15.8 Å². The summed E-state index contributed by atoms with van der Waals surface area (Å²) in [7, 11) is 0. The summed E-state index contributed by atoms with van der Waals surface area (Å²) in [5.41, 5.74) is 3.04. The molecule has 5 aromatic rings. The molecule has 8 nitrogen and oxygen atoms in total. The number of amides is 1. The van der Waals surface area contributed by atoms with Crippen LogP contribution in [0.5, 0.6) is 0 Å². The number of hydrogen-bond acceptors (Lipinski definition) is 6. The number of carbonyl (C=O) groups is 1. The van der Waals surface area contributed by atoms with Gasteiger partial charge in [-0.05, 0) is 24.6 Å². The lowest BCUT2D eigenvalue weighted by Gasteiger charge is -2.18. The Kier molecular flexibility index (Phi) is 5.92. The second-order valence-corrected chi connectivity index (χ2v) is 8.79. The number of para-hydroxylation sites is 1. The Hall–Kier alpha value is -4.24. The number of aromatic amines is 1. The van der Waals surface area contributed by atoms with Crippen LogP contribution in [0.3, 0.4) is 0 Å². The van der Waals surface area contributed by atoms with E-state index in [1.54, 1.807) is 23.9 Å². The highest BCUT2D eigenvalue weighted by Crippen LogP contribution is 2.27. The number of hydrogen-bond donors (Lipinski definition) is 3. The quantitative estimate of drug-likeness (QED) is 0.327. The number of carbonyl (C=O) groups excluding carboxylic acids is 1. The van der Waals surface area contributed by atoms with Gasteiger partial charge < -0.3 is 14.9 Å². The van der Waals surface area contributed by atoms with E-state index in [4.69, 9.17) is 0 Å². The molecule has 170 valence electrons. The van der Waals surface area contributed by atoms with E-state index in [2.05, 4.69) is 25.6 Å². The molecule has 0 saturated carbocycles. The lowest BCUT2D eigenvalue weighted by molar-refractivity contribution is 0.102. The Bertz CT molecular complexity index is 1470. The van der Waals surface area contributed by atoms with Crippen molar-refractivity contribution in [3.8, 4) is 0 Å². The first-order chi connectivity index (χ1) is 16.6. The van der Waals surface area contributed by atoms with Gasteiger partial charge in [-0.25, -0.2) is 9.97 Å². The molecule has 5 rings (SSSR count). The van der Waals surface area contributed by atoms with Gasteiger partial charge >= 0.3 is 0 Å². The van der Waals surface area contributed by atoms with Crippen LogP contribution in [0.4, 0.5) is 10.8 Å². The molecule has 0 aliphatic heterocycles. The van der Waals surface area contributed by atoms with Crippen LogP contribution in [0, 0.1) is 6.92 Å². The fourth-order valence-corrected chi connectivity index (χ4v) is 4.66. The van der Waals surface area contributed by atoms with Gasteiger partial charge in [-0.3, -0.25) is 14.9 Å². The summed E-state index contributed by atoms with van der Waals surface area (Å²) >= 11 is 1.41. The molecule has 1 amide bonds. The number of benzene rings is 2. The molecule has 0 unspecified atom stereocenters. The minimum Gasteiger partial charge on any atom is -0.380 e. The molecule has 0 saturated heterocycles. The number of fused-ring (bicyclic) bond motifs is 1. The average Bonchev–Trinajstić information content (AvgIpc) is 3.50. The van der Waals surface area contributed by atoms with Crippen molar-refractivity contribution < 1.29 is 4.79 Å². The van der Waals surface area contributed by atoms with E-state index in [-0.39, 0.29) is 18.0 Å². The van der Waals surface area contributed by atoms with Crippen LogP contribution in [0.1, 0.15) is 27.4 Å². The Morgan fingerprint density at radius 1 is 1.12 bits per heavy atom. The Morgan fingerprint density at radius 3 is 2.68 bits per heavy atom. The summed E-state index contributed by atoms with van der Waals surface area (Å²) in [5.74, 6) is 0.299. The van der Waals surface area contributed by atoms with Crippen LogP contribution in [-0.4, -0.2) is 25.4 Å². The standard InChI is InChI=1S/C25H22N6O2S/c1-16-23(24(33)30-25-29-18-9-5-6-10-20(18)34-25)19(28-14-17-7-3-2-4-8-17)13-22(32)31(16)15-21-26-11-12-27-21/h2-13,28H,14-15H2,1H3,(H,26,27)(H,29,30,33). The molecule has 3 heterocycles. The summed E-state index contributed by atoms with van der Waals surface area (Å²) in [5, 5.41) is 6.70. The van der Waals surface area contributed by atoms with Gasteiger partial charge in [0.2, 0.25) is 0 Å². The SMILES string of the molecule is Cc1c(C(=O)Nc2nc3ccccc3s2)c(NCc2ccccc2)cc(=O)n1Cc1ncc[nH]1. The fraction of sp³-hybridized carbons (Fsp3) is 0.120. The van der Waals surface area contributed by atoms with Crippen molar-refractivity contribution in [2.24, 2.45) is 0 Å². The normalized spacial score (nSPS) is 11.0. The smallest absolute Gasteiger partial charge is 0.261 e. The van der Waals surface area contributed by atoms with Crippen LogP contribution in [0.15, 0.2) is 77.9 Å². The number of rotatable bonds is 7. The highest BCUT2D eigenvalue weighted by atomic mass is 32.1. The summed E-state index contributed by atoms with van der Waals surface area (Å²) < 4.78 is 2.53. The minimum atomic E-state index is -0.333. The molecule has 34 heavy (non-hydrogen) atoms. The van der Waals surface area contributed by atoms with Gasteiger partial charge in [0.15, 0.2) is 5.13 Å². The number of nitrogens with zero attached hydrogens (tertiary/aromatic N) is 3. The van der Waals surface area contributed by atoms with Crippen LogP contribution in [0.2, 0.25) is 0 Å². The van der Waals surface area contributed by atoms with Gasteiger partial charge in [-0.1, -0.05) is 53.8 Å². The predicted octanol–water partition coefficient (Wildman–Crippen LogP) is 4.40. The van der Waals surface area contributed by atoms with E-state index >= 15 is 0 Å². The Morgan fingerprint density at radius 2 is 1.91 bits per heavy atom. The molecule has 0 aliphatic rings. The van der Waals surface area contributed by atoms with E-state index in [0.29, 0.717) is 34.4 Å². The molecule has 2 aromatic carbocycles.